The maximum atomic E-state index is 5.39. The summed E-state index contributed by atoms with van der Waals surface area (Å²) >= 11 is 0. The average Bonchev–Trinajstić information content (AvgIpc) is 2.94. The third kappa shape index (κ3) is 14.5. The highest BCUT2D eigenvalue weighted by atomic mass is 28.2. The maximum Gasteiger partial charge on any atom is 0.136 e. The zero-order valence-corrected chi connectivity index (χ0v) is 27.1. The first-order valence-electron chi connectivity index (χ1n) is 13.5. The molecule has 1 rings (SSSR count). The van der Waals surface area contributed by atoms with Crippen LogP contribution >= 0.6 is 0 Å². The van der Waals surface area contributed by atoms with Gasteiger partial charge in [0.2, 0.25) is 0 Å². The van der Waals surface area contributed by atoms with Gasteiger partial charge < -0.3 is 28.4 Å². The van der Waals surface area contributed by atoms with Crippen LogP contribution in [0.15, 0.2) is 30.3 Å². The molecule has 0 aliphatic heterocycles. The fraction of sp³-hybridized carbons (Fsp3) is 0.786. The van der Waals surface area contributed by atoms with E-state index in [2.05, 4.69) is 30.3 Å². The molecule has 6 radical (unpaired) electrons. The molecule has 0 unspecified atom stereocenters. The van der Waals surface area contributed by atoms with Crippen molar-refractivity contribution >= 4 is 28.6 Å². The van der Waals surface area contributed by atoms with Crippen LogP contribution in [-0.4, -0.2) is 89.0 Å². The van der Waals surface area contributed by atoms with Crippen LogP contribution < -0.4 is 0 Å². The van der Waals surface area contributed by atoms with Gasteiger partial charge in [0.1, 0.15) is 46.3 Å². The highest BCUT2D eigenvalue weighted by Crippen LogP contribution is 2.40. The quantitative estimate of drug-likeness (QED) is 0.0881. The minimum atomic E-state index is -0.0633. The molecular weight excluding hydrogens is 517 g/mol. The zero-order valence-electron chi connectivity index (χ0n) is 24.1. The van der Waals surface area contributed by atoms with E-state index in [1.165, 1.54) is 63.4 Å². The molecule has 0 spiro atoms. The molecule has 0 aromatic heterocycles. The molecule has 0 heterocycles. The smallest absolute Gasteiger partial charge is 0.136 e. The van der Waals surface area contributed by atoms with Gasteiger partial charge in [-0.2, -0.15) is 0 Å². The molecule has 0 fully saturated rings. The summed E-state index contributed by atoms with van der Waals surface area (Å²) in [4.78, 5) is 0. The molecule has 0 atom stereocenters. The predicted molar refractivity (Wildman–Crippen MR) is 155 cm³/mol. The molecule has 1 aromatic carbocycles. The van der Waals surface area contributed by atoms with Crippen molar-refractivity contribution in [2.75, 3.05) is 42.7 Å². The molecule has 0 saturated carbocycles. The predicted octanol–water partition coefficient (Wildman–Crippen LogP) is 5.53. The van der Waals surface area contributed by atoms with Crippen LogP contribution in [-0.2, 0) is 33.8 Å². The molecule has 0 amide bonds. The Morgan fingerprint density at radius 3 is 1.14 bits per heavy atom. The van der Waals surface area contributed by atoms with Crippen molar-refractivity contribution < 1.29 is 28.4 Å². The van der Waals surface area contributed by atoms with Gasteiger partial charge in [0.05, 0.1) is 0 Å². The summed E-state index contributed by atoms with van der Waals surface area (Å²) in [6.07, 6.45) is 11.0. The Kier molecular flexibility index (Phi) is 21.0. The number of hydrogen-bond donors (Lipinski definition) is 0. The van der Waals surface area contributed by atoms with Crippen molar-refractivity contribution in [1.29, 1.82) is 0 Å². The summed E-state index contributed by atoms with van der Waals surface area (Å²) in [7, 11) is 12.4. The number of methoxy groups -OCH3 is 6. The Morgan fingerprint density at radius 1 is 0.514 bits per heavy atom. The minimum absolute atomic E-state index is 0.0633. The summed E-state index contributed by atoms with van der Waals surface area (Å²) in [5, 5.41) is 0. The molecule has 0 bridgehead atoms. The van der Waals surface area contributed by atoms with Gasteiger partial charge in [-0.3, -0.25) is 0 Å². The molecule has 0 saturated heterocycles. The van der Waals surface area contributed by atoms with Crippen LogP contribution in [0, 0.1) is 0 Å². The summed E-state index contributed by atoms with van der Waals surface area (Å²) in [6.45, 7) is 0. The number of hydrogen-bond acceptors (Lipinski definition) is 6. The minimum Gasteiger partial charge on any atom is -0.360 e. The first kappa shape index (κ1) is 34.7. The highest BCUT2D eigenvalue weighted by molar-refractivity contribution is 6.37. The first-order valence-corrected chi connectivity index (χ1v) is 17.4. The lowest BCUT2D eigenvalue weighted by Crippen LogP contribution is -2.27. The summed E-state index contributed by atoms with van der Waals surface area (Å²) in [6, 6.07) is 14.7. The highest BCUT2D eigenvalue weighted by Gasteiger charge is 2.30. The van der Waals surface area contributed by atoms with Gasteiger partial charge in [-0.15, -0.1) is 0 Å². The Labute approximate surface area is 234 Å². The third-order valence-electron chi connectivity index (χ3n) is 6.85. The summed E-state index contributed by atoms with van der Waals surface area (Å²) in [5.41, 5.74) is 1.73. The van der Waals surface area contributed by atoms with E-state index in [4.69, 9.17) is 28.4 Å². The van der Waals surface area contributed by atoms with Crippen LogP contribution in [0.2, 0.25) is 18.1 Å². The number of ether oxygens (including phenoxy) is 6. The van der Waals surface area contributed by atoms with Crippen molar-refractivity contribution in [3.8, 4) is 0 Å². The third-order valence-corrected chi connectivity index (χ3v) is 11.2. The molecule has 0 aliphatic rings. The lowest BCUT2D eigenvalue weighted by molar-refractivity contribution is -0.0442. The van der Waals surface area contributed by atoms with Crippen LogP contribution in [0.1, 0.15) is 63.4 Å². The fourth-order valence-corrected chi connectivity index (χ4v) is 7.88. The van der Waals surface area contributed by atoms with E-state index in [-0.39, 0.29) is 23.2 Å². The van der Waals surface area contributed by atoms with E-state index in [9.17, 15) is 0 Å². The second-order valence-electron chi connectivity index (χ2n) is 9.29. The Morgan fingerprint density at radius 2 is 0.838 bits per heavy atom. The van der Waals surface area contributed by atoms with Crippen molar-refractivity contribution in [2.45, 2.75) is 99.1 Å². The second kappa shape index (κ2) is 22.4. The van der Waals surface area contributed by atoms with Gasteiger partial charge in [0.15, 0.2) is 0 Å². The molecule has 6 nitrogen and oxygen atoms in total. The molecule has 0 N–H and O–H groups in total. The monoisotopic (exact) mass is 566 g/mol. The lowest BCUT2D eigenvalue weighted by Gasteiger charge is -2.35. The topological polar surface area (TPSA) is 55.4 Å². The Balaban J connectivity index is 2.81. The SMILES string of the molecule is COC(OC)[Si]CCCCC(CCCC[Si]C(OC)OC)(CCCC[Si]C(OC)OC)c1ccccc1. The van der Waals surface area contributed by atoms with Crippen molar-refractivity contribution in [3.63, 3.8) is 0 Å². The van der Waals surface area contributed by atoms with Gasteiger partial charge in [-0.25, -0.2) is 0 Å². The first-order chi connectivity index (χ1) is 18.1. The molecule has 1 aromatic rings. The van der Waals surface area contributed by atoms with Crippen LogP contribution in [0.5, 0.6) is 0 Å². The second-order valence-corrected chi connectivity index (χ2v) is 13.4. The average molecular weight is 567 g/mol. The Bertz CT molecular complexity index is 573. The number of rotatable bonds is 25. The molecular formula is C28H50O6Si3. The summed E-state index contributed by atoms with van der Waals surface area (Å²) < 4.78 is 32.3. The van der Waals surface area contributed by atoms with Gasteiger partial charge in [0, 0.05) is 42.7 Å². The summed E-state index contributed by atoms with van der Waals surface area (Å²) in [5.74, 6) is -0.190. The van der Waals surface area contributed by atoms with Gasteiger partial charge in [-0.05, 0) is 30.2 Å². The van der Waals surface area contributed by atoms with E-state index in [0.29, 0.717) is 28.6 Å². The van der Waals surface area contributed by atoms with E-state index in [1.54, 1.807) is 42.7 Å². The van der Waals surface area contributed by atoms with Crippen molar-refractivity contribution in [2.24, 2.45) is 0 Å². The lowest BCUT2D eigenvalue weighted by atomic mass is 9.69. The zero-order chi connectivity index (χ0) is 27.2. The van der Waals surface area contributed by atoms with E-state index in [0.717, 1.165) is 18.1 Å². The standard InChI is InChI=1S/C28H50O6Si3/c1-29-25(30-2)35-21-13-10-18-28(24-16-8-7-9-17-24,19-11-14-22-36-26(31-3)32-4)20-12-15-23-37-27(33-5)34-6/h7-9,16-17,25-27H,10-15,18-23H2,1-6H3. The van der Waals surface area contributed by atoms with Gasteiger partial charge in [0.25, 0.3) is 0 Å². The van der Waals surface area contributed by atoms with E-state index in [1.807, 2.05) is 0 Å². The van der Waals surface area contributed by atoms with E-state index < -0.39 is 0 Å². The number of unbranched alkanes of at least 4 members (excludes halogenated alkanes) is 3. The maximum absolute atomic E-state index is 5.39. The van der Waals surface area contributed by atoms with E-state index >= 15 is 0 Å². The van der Waals surface area contributed by atoms with Gasteiger partial charge in [-0.1, -0.05) is 87.0 Å². The number of benzene rings is 1. The van der Waals surface area contributed by atoms with Crippen molar-refractivity contribution in [1.82, 2.24) is 0 Å². The Hall–Kier alpha value is -0.369. The van der Waals surface area contributed by atoms with Crippen LogP contribution in [0.25, 0.3) is 0 Å². The molecule has 37 heavy (non-hydrogen) atoms. The normalized spacial score (nSPS) is 12.4. The molecule has 210 valence electrons. The van der Waals surface area contributed by atoms with Crippen molar-refractivity contribution in [3.05, 3.63) is 35.9 Å². The van der Waals surface area contributed by atoms with Gasteiger partial charge >= 0.3 is 0 Å². The molecule has 0 aliphatic carbocycles. The van der Waals surface area contributed by atoms with Crippen LogP contribution in [0.3, 0.4) is 0 Å². The fourth-order valence-electron chi connectivity index (χ4n) is 4.81. The van der Waals surface area contributed by atoms with Crippen LogP contribution in [0.4, 0.5) is 0 Å². The molecule has 9 heteroatoms. The largest absolute Gasteiger partial charge is 0.360 e.